The number of hydrogen-bond acceptors (Lipinski definition) is 3. The minimum absolute atomic E-state index is 0.792. The van der Waals surface area contributed by atoms with E-state index in [1.807, 2.05) is 0 Å². The first-order valence-electron chi connectivity index (χ1n) is 7.00. The van der Waals surface area contributed by atoms with Gasteiger partial charge in [0.2, 0.25) is 0 Å². The molecule has 1 unspecified atom stereocenters. The van der Waals surface area contributed by atoms with Crippen molar-refractivity contribution in [2.45, 2.75) is 51.0 Å². The fraction of sp³-hybridized carbons (Fsp3) is 0.923. The Morgan fingerprint density at radius 1 is 1.06 bits per heavy atom. The number of guanidine groups is 1. The molecule has 2 heterocycles. The van der Waals surface area contributed by atoms with E-state index in [2.05, 4.69) is 15.2 Å². The molecule has 0 amide bonds. The van der Waals surface area contributed by atoms with Gasteiger partial charge in [0.05, 0.1) is 0 Å². The molecule has 0 bridgehead atoms. The summed E-state index contributed by atoms with van der Waals surface area (Å²) in [4.78, 5) is 7.20. The fourth-order valence-corrected chi connectivity index (χ4v) is 3.60. The Balaban J connectivity index is 1.72. The number of nitrogens with one attached hydrogen (secondary N) is 1. The number of aliphatic imine (C=N–C) groups is 1. The quantitative estimate of drug-likeness (QED) is 0.733. The van der Waals surface area contributed by atoms with Crippen molar-refractivity contribution in [3.05, 3.63) is 0 Å². The molecule has 2 fully saturated rings. The van der Waals surface area contributed by atoms with E-state index in [0.29, 0.717) is 0 Å². The zero-order valence-electron chi connectivity index (χ0n) is 10.1. The third-order valence-electron chi connectivity index (χ3n) is 4.41. The molecule has 0 radical (unpaired) electrons. The van der Waals surface area contributed by atoms with E-state index >= 15 is 0 Å². The van der Waals surface area contributed by atoms with E-state index in [9.17, 15) is 0 Å². The minimum atomic E-state index is 0.792. The molecular weight excluding hydrogens is 198 g/mol. The van der Waals surface area contributed by atoms with Crippen LogP contribution in [-0.4, -0.2) is 36.5 Å². The highest BCUT2D eigenvalue weighted by atomic mass is 15.3. The molecule has 3 nitrogen and oxygen atoms in total. The van der Waals surface area contributed by atoms with Crippen LogP contribution in [0.3, 0.4) is 0 Å². The summed E-state index contributed by atoms with van der Waals surface area (Å²) in [6.45, 7) is 3.39. The second-order valence-corrected chi connectivity index (χ2v) is 5.43. The van der Waals surface area contributed by atoms with E-state index in [0.717, 1.165) is 25.0 Å². The molecule has 1 saturated carbocycles. The van der Waals surface area contributed by atoms with Crippen molar-refractivity contribution in [2.75, 3.05) is 19.6 Å². The smallest absolute Gasteiger partial charge is 0.194 e. The van der Waals surface area contributed by atoms with Gasteiger partial charge in [-0.1, -0.05) is 19.3 Å². The SMILES string of the molecule is C1CCC(C2CCNC3=NCCCN32)CC1. The Morgan fingerprint density at radius 3 is 2.81 bits per heavy atom. The number of hydrogen-bond donors (Lipinski definition) is 1. The van der Waals surface area contributed by atoms with Gasteiger partial charge in [0.15, 0.2) is 5.96 Å². The Bertz CT molecular complexity index is 268. The first-order valence-corrected chi connectivity index (χ1v) is 7.00. The van der Waals surface area contributed by atoms with Crippen molar-refractivity contribution in [2.24, 2.45) is 10.9 Å². The second-order valence-electron chi connectivity index (χ2n) is 5.43. The van der Waals surface area contributed by atoms with Gasteiger partial charge < -0.3 is 10.2 Å². The van der Waals surface area contributed by atoms with Crippen LogP contribution in [-0.2, 0) is 0 Å². The fourth-order valence-electron chi connectivity index (χ4n) is 3.60. The largest absolute Gasteiger partial charge is 0.356 e. The summed E-state index contributed by atoms with van der Waals surface area (Å²) in [6.07, 6.45) is 9.84. The third kappa shape index (κ3) is 1.92. The lowest BCUT2D eigenvalue weighted by Gasteiger charge is -2.45. The standard InChI is InChI=1S/C13H23N3/c1-2-5-11(6-3-1)12-7-9-15-13-14-8-4-10-16(12)13/h11-12H,1-10H2,(H,14,15). The molecule has 1 N–H and O–H groups in total. The van der Waals surface area contributed by atoms with Gasteiger partial charge in [-0.2, -0.15) is 0 Å². The van der Waals surface area contributed by atoms with E-state index in [4.69, 9.17) is 0 Å². The Hall–Kier alpha value is -0.730. The van der Waals surface area contributed by atoms with Crippen LogP contribution in [0.1, 0.15) is 44.9 Å². The average molecular weight is 221 g/mol. The first kappa shape index (κ1) is 10.4. The van der Waals surface area contributed by atoms with Gasteiger partial charge in [-0.3, -0.25) is 4.99 Å². The van der Waals surface area contributed by atoms with Gasteiger partial charge in [0, 0.05) is 25.7 Å². The molecule has 2 aliphatic heterocycles. The van der Waals surface area contributed by atoms with Gasteiger partial charge in [-0.15, -0.1) is 0 Å². The summed E-state index contributed by atoms with van der Waals surface area (Å²) < 4.78 is 0. The molecule has 1 aliphatic carbocycles. The maximum absolute atomic E-state index is 4.63. The zero-order chi connectivity index (χ0) is 10.8. The van der Waals surface area contributed by atoms with Crippen LogP contribution in [0.5, 0.6) is 0 Å². The molecule has 3 heteroatoms. The first-order chi connectivity index (χ1) is 7.95. The molecule has 1 saturated heterocycles. The maximum atomic E-state index is 4.63. The summed E-state index contributed by atoms with van der Waals surface area (Å²) in [7, 11) is 0. The number of nitrogens with zero attached hydrogens (tertiary/aromatic N) is 2. The summed E-state index contributed by atoms with van der Waals surface area (Å²) >= 11 is 0. The van der Waals surface area contributed by atoms with Gasteiger partial charge in [-0.05, 0) is 31.6 Å². The maximum Gasteiger partial charge on any atom is 0.194 e. The summed E-state index contributed by atoms with van der Waals surface area (Å²) in [5, 5.41) is 3.47. The third-order valence-corrected chi connectivity index (χ3v) is 4.41. The Morgan fingerprint density at radius 2 is 1.94 bits per heavy atom. The van der Waals surface area contributed by atoms with Crippen LogP contribution < -0.4 is 5.32 Å². The molecule has 1 atom stereocenters. The van der Waals surface area contributed by atoms with Gasteiger partial charge in [0.1, 0.15) is 0 Å². The van der Waals surface area contributed by atoms with E-state index in [1.165, 1.54) is 57.5 Å². The van der Waals surface area contributed by atoms with E-state index in [-0.39, 0.29) is 0 Å². The highest BCUT2D eigenvalue weighted by Gasteiger charge is 2.33. The highest BCUT2D eigenvalue weighted by molar-refractivity contribution is 5.81. The van der Waals surface area contributed by atoms with E-state index < -0.39 is 0 Å². The van der Waals surface area contributed by atoms with Crippen molar-refractivity contribution in [1.29, 1.82) is 0 Å². The van der Waals surface area contributed by atoms with Crippen molar-refractivity contribution in [1.82, 2.24) is 10.2 Å². The number of rotatable bonds is 1. The second kappa shape index (κ2) is 4.64. The van der Waals surface area contributed by atoms with Gasteiger partial charge in [-0.25, -0.2) is 0 Å². The van der Waals surface area contributed by atoms with Crippen molar-refractivity contribution in [3.63, 3.8) is 0 Å². The molecular formula is C13H23N3. The molecule has 3 aliphatic rings. The van der Waals surface area contributed by atoms with Crippen LogP contribution in [0.25, 0.3) is 0 Å². The van der Waals surface area contributed by atoms with E-state index in [1.54, 1.807) is 0 Å². The molecule has 16 heavy (non-hydrogen) atoms. The van der Waals surface area contributed by atoms with Gasteiger partial charge in [0.25, 0.3) is 0 Å². The predicted molar refractivity (Wildman–Crippen MR) is 66.6 cm³/mol. The molecule has 3 rings (SSSR count). The van der Waals surface area contributed by atoms with Crippen molar-refractivity contribution < 1.29 is 0 Å². The highest BCUT2D eigenvalue weighted by Crippen LogP contribution is 2.32. The molecule has 0 spiro atoms. The Labute approximate surface area is 98.3 Å². The summed E-state index contributed by atoms with van der Waals surface area (Å²) in [6, 6.07) is 0.792. The lowest BCUT2D eigenvalue weighted by atomic mass is 9.81. The van der Waals surface area contributed by atoms with Crippen LogP contribution in [0.4, 0.5) is 0 Å². The number of fused-ring (bicyclic) bond motifs is 1. The van der Waals surface area contributed by atoms with Crippen LogP contribution >= 0.6 is 0 Å². The molecule has 90 valence electrons. The Kier molecular flexibility index (Phi) is 3.02. The molecule has 0 aromatic heterocycles. The average Bonchev–Trinajstić information content (AvgIpc) is 2.39. The molecule has 0 aromatic carbocycles. The van der Waals surface area contributed by atoms with Crippen molar-refractivity contribution >= 4 is 5.96 Å². The van der Waals surface area contributed by atoms with Crippen LogP contribution in [0.2, 0.25) is 0 Å². The lowest BCUT2D eigenvalue weighted by molar-refractivity contribution is 0.150. The van der Waals surface area contributed by atoms with Gasteiger partial charge >= 0.3 is 0 Å². The van der Waals surface area contributed by atoms with Crippen LogP contribution in [0.15, 0.2) is 4.99 Å². The minimum Gasteiger partial charge on any atom is -0.356 e. The normalized spacial score (nSPS) is 31.6. The van der Waals surface area contributed by atoms with Crippen LogP contribution in [0, 0.1) is 5.92 Å². The topological polar surface area (TPSA) is 27.6 Å². The van der Waals surface area contributed by atoms with Crippen molar-refractivity contribution in [3.8, 4) is 0 Å². The predicted octanol–water partition coefficient (Wildman–Crippen LogP) is 1.99. The lowest BCUT2D eigenvalue weighted by Crippen LogP contribution is -2.57. The molecule has 0 aromatic rings. The summed E-state index contributed by atoms with van der Waals surface area (Å²) in [5.41, 5.74) is 0. The summed E-state index contributed by atoms with van der Waals surface area (Å²) in [5.74, 6) is 2.15. The monoisotopic (exact) mass is 221 g/mol. The zero-order valence-corrected chi connectivity index (χ0v) is 10.1.